The van der Waals surface area contributed by atoms with E-state index in [9.17, 15) is 5.11 Å². The number of rotatable bonds is 2. The number of fused-ring (bicyclic) bond motifs is 13. The van der Waals surface area contributed by atoms with E-state index in [1.807, 2.05) is 6.34 Å². The molecule has 0 spiro atoms. The summed E-state index contributed by atoms with van der Waals surface area (Å²) in [6.07, 6.45) is 1.54. The summed E-state index contributed by atoms with van der Waals surface area (Å²) in [5, 5.41) is 16.4. The van der Waals surface area contributed by atoms with E-state index >= 15 is 0 Å². The molecule has 3 aliphatic heterocycles. The first-order valence-corrected chi connectivity index (χ1v) is 12.7. The fourth-order valence-electron chi connectivity index (χ4n) is 7.02. The summed E-state index contributed by atoms with van der Waals surface area (Å²) in [7, 11) is 1.60. The highest BCUT2D eigenvalue weighted by molar-refractivity contribution is 6.12. The number of hydrogen-bond donors (Lipinski definition) is 1. The van der Waals surface area contributed by atoms with E-state index in [1.54, 1.807) is 7.11 Å². The number of benzene rings is 4. The highest BCUT2D eigenvalue weighted by Crippen LogP contribution is 2.61. The first-order chi connectivity index (χ1) is 17.5. The second-order valence-electron chi connectivity index (χ2n) is 10.8. The summed E-state index contributed by atoms with van der Waals surface area (Å²) < 4.78 is 14.5. The molecule has 1 saturated carbocycles. The zero-order valence-electron chi connectivity index (χ0n) is 20.5. The van der Waals surface area contributed by atoms with Gasteiger partial charge in [-0.05, 0) is 44.3 Å². The Bertz CT molecular complexity index is 1690. The van der Waals surface area contributed by atoms with Crippen molar-refractivity contribution in [2.45, 2.75) is 49.7 Å². The van der Waals surface area contributed by atoms with Crippen LogP contribution in [0.2, 0.25) is 0 Å². The van der Waals surface area contributed by atoms with Gasteiger partial charge in [0.25, 0.3) is 12.6 Å². The van der Waals surface area contributed by atoms with Gasteiger partial charge in [0, 0.05) is 23.6 Å². The molecule has 1 fully saturated rings. The molecule has 0 saturated heterocycles. The zero-order valence-corrected chi connectivity index (χ0v) is 20.5. The third kappa shape index (κ3) is 2.38. The molecule has 0 aromatic heterocycles. The Kier molecular flexibility index (Phi) is 3.90. The van der Waals surface area contributed by atoms with Crippen molar-refractivity contribution in [1.29, 1.82) is 0 Å². The Morgan fingerprint density at radius 1 is 1.00 bits per heavy atom. The molecule has 36 heavy (non-hydrogen) atoms. The van der Waals surface area contributed by atoms with Crippen molar-refractivity contribution >= 4 is 33.6 Å². The minimum absolute atomic E-state index is 0.0582. The number of aliphatic imine (C=N–C) groups is 1. The van der Waals surface area contributed by atoms with Gasteiger partial charge in [-0.1, -0.05) is 74.5 Å². The second-order valence-corrected chi connectivity index (χ2v) is 10.8. The molecule has 4 aromatic rings. The summed E-state index contributed by atoms with van der Waals surface area (Å²) in [5.74, 6) is -0.188. The Balaban J connectivity index is 1.45. The summed E-state index contributed by atoms with van der Waals surface area (Å²) in [6, 6.07) is 23.5. The molecule has 178 valence electrons. The number of ether oxygens (including phenoxy) is 2. The van der Waals surface area contributed by atoms with Crippen molar-refractivity contribution < 1.29 is 19.2 Å². The van der Waals surface area contributed by atoms with Gasteiger partial charge in [-0.25, -0.2) is 4.58 Å². The summed E-state index contributed by atoms with van der Waals surface area (Å²) in [4.78, 5) is 4.86. The van der Waals surface area contributed by atoms with E-state index in [0.717, 1.165) is 27.8 Å². The maximum atomic E-state index is 11.6. The largest absolute Gasteiger partial charge is 0.446 e. The molecule has 0 radical (unpaired) electrons. The molecule has 1 N–H and O–H groups in total. The maximum absolute atomic E-state index is 11.6. The van der Waals surface area contributed by atoms with Crippen LogP contribution in [0.15, 0.2) is 71.7 Å². The van der Waals surface area contributed by atoms with Crippen LogP contribution in [0, 0.1) is 0 Å². The normalized spacial score (nSPS) is 29.0. The average molecular weight is 476 g/mol. The van der Waals surface area contributed by atoms with E-state index in [2.05, 4.69) is 85.2 Å². The fraction of sp³-hybridized carbons (Fsp3) is 0.290. The second kappa shape index (κ2) is 6.81. The quantitative estimate of drug-likeness (QED) is 0.317. The SMILES string of the molecule is COC1(O)C2c3c(cc(C(C)C)c4ccccc34)C3=[N+](C=NC4Oc5c(ccc6ccccc56)C34)C21. The van der Waals surface area contributed by atoms with Gasteiger partial charge < -0.3 is 14.6 Å². The summed E-state index contributed by atoms with van der Waals surface area (Å²) in [5.41, 5.74) is 5.98. The van der Waals surface area contributed by atoms with E-state index in [1.165, 1.54) is 27.5 Å². The van der Waals surface area contributed by atoms with Gasteiger partial charge >= 0.3 is 0 Å². The molecule has 4 aromatic carbocycles. The van der Waals surface area contributed by atoms with Crippen LogP contribution in [0.4, 0.5) is 0 Å². The lowest BCUT2D eigenvalue weighted by Gasteiger charge is -2.27. The predicted molar refractivity (Wildman–Crippen MR) is 140 cm³/mol. The van der Waals surface area contributed by atoms with Crippen molar-refractivity contribution in [3.63, 3.8) is 0 Å². The Morgan fingerprint density at radius 2 is 1.75 bits per heavy atom. The van der Waals surface area contributed by atoms with E-state index in [-0.39, 0.29) is 24.1 Å². The minimum atomic E-state index is -1.26. The number of hydrogen-bond acceptors (Lipinski definition) is 4. The molecule has 5 unspecified atom stereocenters. The summed E-state index contributed by atoms with van der Waals surface area (Å²) in [6.45, 7) is 4.49. The first-order valence-electron chi connectivity index (χ1n) is 12.7. The topological polar surface area (TPSA) is 54.1 Å². The van der Waals surface area contributed by atoms with Crippen LogP contribution in [0.1, 0.15) is 53.9 Å². The molecular weight excluding hydrogens is 448 g/mol. The fourth-order valence-corrected chi connectivity index (χ4v) is 7.02. The van der Waals surface area contributed by atoms with Gasteiger partial charge in [0.05, 0.1) is 5.92 Å². The van der Waals surface area contributed by atoms with Crippen LogP contribution < -0.4 is 4.74 Å². The van der Waals surface area contributed by atoms with Crippen LogP contribution in [0.25, 0.3) is 21.5 Å². The molecule has 5 heteroatoms. The van der Waals surface area contributed by atoms with E-state index in [4.69, 9.17) is 14.5 Å². The standard InChI is InChI=1S/C31H27N2O3/c1-16(2)22-14-23-24(20-11-7-6-10-19(20)22)26-29(31(26,34)35-3)33-15-32-30-25(27(23)33)21-13-12-17-8-4-5-9-18(17)28(21)36-30/h4-16,25-26,29-30,34H,1-3H3/q+1. The van der Waals surface area contributed by atoms with Gasteiger partial charge in [-0.3, -0.25) is 0 Å². The van der Waals surface area contributed by atoms with Crippen molar-refractivity contribution in [1.82, 2.24) is 0 Å². The number of aliphatic hydroxyl groups is 1. The lowest BCUT2D eigenvalue weighted by Crippen LogP contribution is -2.41. The Morgan fingerprint density at radius 3 is 2.53 bits per heavy atom. The minimum Gasteiger partial charge on any atom is -0.446 e. The third-order valence-corrected chi connectivity index (χ3v) is 8.71. The van der Waals surface area contributed by atoms with Gasteiger partial charge in [0.1, 0.15) is 17.4 Å². The summed E-state index contributed by atoms with van der Waals surface area (Å²) >= 11 is 0. The van der Waals surface area contributed by atoms with Crippen LogP contribution >= 0.6 is 0 Å². The smallest absolute Gasteiger partial charge is 0.293 e. The Hall–Kier alpha value is -3.54. The van der Waals surface area contributed by atoms with Gasteiger partial charge in [-0.2, -0.15) is 0 Å². The van der Waals surface area contributed by atoms with E-state index in [0.29, 0.717) is 5.92 Å². The van der Waals surface area contributed by atoms with Gasteiger partial charge in [0.2, 0.25) is 5.79 Å². The lowest BCUT2D eigenvalue weighted by atomic mass is 9.79. The molecular formula is C31H27N2O3+. The lowest BCUT2D eigenvalue weighted by molar-refractivity contribution is -0.444. The van der Waals surface area contributed by atoms with E-state index < -0.39 is 5.79 Å². The molecule has 5 atom stereocenters. The van der Waals surface area contributed by atoms with Crippen molar-refractivity contribution in [2.24, 2.45) is 4.99 Å². The van der Waals surface area contributed by atoms with Crippen molar-refractivity contribution in [3.05, 3.63) is 89.0 Å². The predicted octanol–water partition coefficient (Wildman–Crippen LogP) is 5.28. The first kappa shape index (κ1) is 20.6. The van der Waals surface area contributed by atoms with Crippen LogP contribution in [-0.2, 0) is 4.74 Å². The highest BCUT2D eigenvalue weighted by atomic mass is 16.6. The van der Waals surface area contributed by atoms with Crippen LogP contribution in [0.3, 0.4) is 0 Å². The monoisotopic (exact) mass is 475 g/mol. The zero-order chi connectivity index (χ0) is 24.3. The average Bonchev–Trinajstić information content (AvgIpc) is 3.34. The molecule has 0 bridgehead atoms. The highest BCUT2D eigenvalue weighted by Gasteiger charge is 2.75. The van der Waals surface area contributed by atoms with Crippen molar-refractivity contribution in [3.8, 4) is 5.75 Å². The molecule has 3 heterocycles. The molecule has 1 aliphatic carbocycles. The maximum Gasteiger partial charge on any atom is 0.293 e. The Labute approximate surface area is 209 Å². The van der Waals surface area contributed by atoms with Crippen molar-refractivity contribution in [2.75, 3.05) is 7.11 Å². The molecule has 4 aliphatic rings. The number of nitrogens with zero attached hydrogens (tertiary/aromatic N) is 2. The van der Waals surface area contributed by atoms with Gasteiger partial charge in [-0.15, -0.1) is 0 Å². The molecule has 5 nitrogen and oxygen atoms in total. The van der Waals surface area contributed by atoms with Crippen LogP contribution in [0.5, 0.6) is 5.75 Å². The van der Waals surface area contributed by atoms with Gasteiger partial charge in [0.15, 0.2) is 6.04 Å². The molecule has 8 rings (SSSR count). The third-order valence-electron chi connectivity index (χ3n) is 8.71. The molecule has 0 amide bonds. The van der Waals surface area contributed by atoms with Crippen LogP contribution in [-0.4, -0.2) is 46.9 Å². The number of methoxy groups -OCH3 is 1.